The monoisotopic (exact) mass is 461 g/mol. The smallest absolute Gasteiger partial charge is 0.407 e. The Bertz CT molecular complexity index is 940. The van der Waals surface area contributed by atoms with E-state index in [-0.39, 0.29) is 5.91 Å². The van der Waals surface area contributed by atoms with Crippen LogP contribution in [-0.2, 0) is 22.5 Å². The Morgan fingerprint density at radius 2 is 1.84 bits per heavy atom. The van der Waals surface area contributed by atoms with E-state index >= 15 is 0 Å². The van der Waals surface area contributed by atoms with Crippen LogP contribution in [-0.4, -0.2) is 38.9 Å². The highest BCUT2D eigenvalue weighted by Gasteiger charge is 2.21. The molecule has 0 radical (unpaired) electrons. The third-order valence-electron chi connectivity index (χ3n) is 4.43. The van der Waals surface area contributed by atoms with E-state index in [0.717, 1.165) is 27.7 Å². The third kappa shape index (κ3) is 7.55. The van der Waals surface area contributed by atoms with Crippen molar-refractivity contribution in [2.75, 3.05) is 11.9 Å². The lowest BCUT2D eigenvalue weighted by molar-refractivity contribution is -0.123. The van der Waals surface area contributed by atoms with Crippen LogP contribution < -0.4 is 10.6 Å². The molecule has 0 fully saturated rings. The van der Waals surface area contributed by atoms with E-state index in [4.69, 9.17) is 9.84 Å². The van der Waals surface area contributed by atoms with Crippen LogP contribution in [0.25, 0.3) is 0 Å². The standard InChI is InChI=1S/C23H35N5O3S/c1-9-17-19(15(2)28(27-17)13-12-24-21(30)31-23(6,7)8)32-18-11-10-16(14-25-18)26-20(29)22(3,4)5/h10-11,14H,9,12-13H2,1-8H3,(H,24,30)(H,26,29). The van der Waals surface area contributed by atoms with Crippen molar-refractivity contribution < 1.29 is 14.3 Å². The van der Waals surface area contributed by atoms with Crippen molar-refractivity contribution in [3.63, 3.8) is 0 Å². The summed E-state index contributed by atoms with van der Waals surface area (Å²) in [5.41, 5.74) is 1.68. The number of aryl methyl sites for hydroxylation is 1. The number of alkyl carbamates (subject to hydrolysis) is 1. The summed E-state index contributed by atoms with van der Waals surface area (Å²) in [4.78, 5) is 29.6. The van der Waals surface area contributed by atoms with Crippen LogP contribution in [0.5, 0.6) is 0 Å². The number of ether oxygens (including phenoxy) is 1. The maximum atomic E-state index is 12.1. The molecule has 2 aromatic heterocycles. The van der Waals surface area contributed by atoms with Gasteiger partial charge in [-0.15, -0.1) is 0 Å². The molecule has 0 spiro atoms. The Hall–Kier alpha value is -2.55. The Labute approximate surface area is 194 Å². The summed E-state index contributed by atoms with van der Waals surface area (Å²) < 4.78 is 7.17. The van der Waals surface area contributed by atoms with Gasteiger partial charge in [-0.05, 0) is 46.2 Å². The van der Waals surface area contributed by atoms with E-state index in [9.17, 15) is 9.59 Å². The summed E-state index contributed by atoms with van der Waals surface area (Å²) in [6.45, 7) is 16.2. The van der Waals surface area contributed by atoms with E-state index in [2.05, 4.69) is 22.5 Å². The Morgan fingerprint density at radius 3 is 2.38 bits per heavy atom. The first-order valence-electron chi connectivity index (χ1n) is 10.8. The zero-order valence-corrected chi connectivity index (χ0v) is 21.1. The van der Waals surface area contributed by atoms with Crippen LogP contribution in [0.1, 0.15) is 59.9 Å². The van der Waals surface area contributed by atoms with Crippen LogP contribution in [0.3, 0.4) is 0 Å². The summed E-state index contributed by atoms with van der Waals surface area (Å²) in [6.07, 6.45) is 2.02. The van der Waals surface area contributed by atoms with Crippen LogP contribution in [0.15, 0.2) is 28.3 Å². The molecule has 32 heavy (non-hydrogen) atoms. The lowest BCUT2D eigenvalue weighted by atomic mass is 9.96. The average Bonchev–Trinajstić information content (AvgIpc) is 2.96. The number of carbonyl (C=O) groups excluding carboxylic acids is 2. The predicted molar refractivity (Wildman–Crippen MR) is 127 cm³/mol. The summed E-state index contributed by atoms with van der Waals surface area (Å²) >= 11 is 1.55. The first kappa shape index (κ1) is 25.7. The number of nitrogens with zero attached hydrogens (tertiary/aromatic N) is 3. The zero-order chi connectivity index (χ0) is 24.1. The molecule has 2 heterocycles. The van der Waals surface area contributed by atoms with E-state index in [1.54, 1.807) is 18.0 Å². The van der Waals surface area contributed by atoms with Gasteiger partial charge in [-0.3, -0.25) is 9.48 Å². The van der Waals surface area contributed by atoms with Crippen molar-refractivity contribution in [3.8, 4) is 0 Å². The summed E-state index contributed by atoms with van der Waals surface area (Å²) in [5, 5.41) is 11.2. The lowest BCUT2D eigenvalue weighted by Crippen LogP contribution is -2.34. The van der Waals surface area contributed by atoms with E-state index in [1.807, 2.05) is 65.3 Å². The molecule has 0 bridgehead atoms. The van der Waals surface area contributed by atoms with Gasteiger partial charge in [0.05, 0.1) is 29.0 Å². The van der Waals surface area contributed by atoms with Gasteiger partial charge >= 0.3 is 6.09 Å². The maximum Gasteiger partial charge on any atom is 0.407 e. The molecule has 0 saturated carbocycles. The number of hydrogen-bond donors (Lipinski definition) is 2. The quantitative estimate of drug-likeness (QED) is 0.614. The van der Waals surface area contributed by atoms with E-state index < -0.39 is 17.1 Å². The molecule has 0 aliphatic carbocycles. The minimum absolute atomic E-state index is 0.0508. The van der Waals surface area contributed by atoms with Gasteiger partial charge in [0.2, 0.25) is 5.91 Å². The number of pyridine rings is 1. The number of rotatable bonds is 7. The largest absolute Gasteiger partial charge is 0.444 e. The van der Waals surface area contributed by atoms with Gasteiger partial charge in [-0.1, -0.05) is 39.5 Å². The summed E-state index contributed by atoms with van der Waals surface area (Å²) in [6, 6.07) is 3.75. The molecule has 2 aromatic rings. The fraction of sp³-hybridized carbons (Fsp3) is 0.565. The second kappa shape index (κ2) is 10.4. The Morgan fingerprint density at radius 1 is 1.16 bits per heavy atom. The average molecular weight is 462 g/mol. The highest BCUT2D eigenvalue weighted by Crippen LogP contribution is 2.32. The highest BCUT2D eigenvalue weighted by molar-refractivity contribution is 7.99. The number of anilines is 1. The molecule has 0 saturated heterocycles. The molecule has 176 valence electrons. The van der Waals surface area contributed by atoms with Crippen molar-refractivity contribution in [1.82, 2.24) is 20.1 Å². The van der Waals surface area contributed by atoms with Gasteiger partial charge in [0.1, 0.15) is 10.6 Å². The molecule has 0 aliphatic heterocycles. The van der Waals surface area contributed by atoms with Gasteiger partial charge < -0.3 is 15.4 Å². The minimum Gasteiger partial charge on any atom is -0.444 e. The van der Waals surface area contributed by atoms with E-state index in [0.29, 0.717) is 18.8 Å². The second-order valence-electron chi connectivity index (χ2n) is 9.56. The third-order valence-corrected chi connectivity index (χ3v) is 5.61. The molecule has 2 rings (SSSR count). The summed E-state index contributed by atoms with van der Waals surface area (Å²) in [7, 11) is 0. The van der Waals surface area contributed by atoms with Crippen LogP contribution in [0.2, 0.25) is 0 Å². The molecule has 0 atom stereocenters. The Balaban J connectivity index is 2.04. The second-order valence-corrected chi connectivity index (χ2v) is 10.6. The van der Waals surface area contributed by atoms with E-state index in [1.165, 1.54) is 0 Å². The molecule has 0 aliphatic rings. The molecule has 2 amide bonds. The van der Waals surface area contributed by atoms with Crippen molar-refractivity contribution in [2.45, 2.75) is 83.9 Å². The maximum absolute atomic E-state index is 12.1. The van der Waals surface area contributed by atoms with Gasteiger partial charge in [0.25, 0.3) is 0 Å². The van der Waals surface area contributed by atoms with Gasteiger partial charge in [-0.2, -0.15) is 5.10 Å². The zero-order valence-electron chi connectivity index (χ0n) is 20.3. The SMILES string of the molecule is CCc1nn(CCNC(=O)OC(C)(C)C)c(C)c1Sc1ccc(NC(=O)C(C)(C)C)cn1. The van der Waals surface area contributed by atoms with Gasteiger partial charge in [0, 0.05) is 17.7 Å². The fourth-order valence-corrected chi connectivity index (χ4v) is 3.70. The summed E-state index contributed by atoms with van der Waals surface area (Å²) in [5.74, 6) is -0.0508. The molecule has 9 heteroatoms. The minimum atomic E-state index is -0.525. The van der Waals surface area contributed by atoms with Gasteiger partial charge in [0.15, 0.2) is 0 Å². The molecule has 0 aromatic carbocycles. The Kier molecular flexibility index (Phi) is 8.34. The fourth-order valence-electron chi connectivity index (χ4n) is 2.69. The van der Waals surface area contributed by atoms with Crippen molar-refractivity contribution in [2.24, 2.45) is 5.41 Å². The van der Waals surface area contributed by atoms with Crippen LogP contribution in [0.4, 0.5) is 10.5 Å². The first-order valence-corrected chi connectivity index (χ1v) is 11.6. The number of hydrogen-bond acceptors (Lipinski definition) is 6. The van der Waals surface area contributed by atoms with Crippen LogP contribution >= 0.6 is 11.8 Å². The lowest BCUT2D eigenvalue weighted by Gasteiger charge is -2.19. The predicted octanol–water partition coefficient (Wildman–Crippen LogP) is 4.81. The molecule has 0 unspecified atom stereocenters. The number of nitrogens with one attached hydrogen (secondary N) is 2. The van der Waals surface area contributed by atoms with Gasteiger partial charge in [-0.25, -0.2) is 9.78 Å². The number of amides is 2. The first-order chi connectivity index (χ1) is 14.8. The highest BCUT2D eigenvalue weighted by atomic mass is 32.2. The number of carbonyl (C=O) groups is 2. The van der Waals surface area contributed by atoms with Crippen molar-refractivity contribution in [1.29, 1.82) is 0 Å². The molecule has 8 nitrogen and oxygen atoms in total. The molecule has 2 N–H and O–H groups in total. The number of aromatic nitrogens is 3. The van der Waals surface area contributed by atoms with Crippen molar-refractivity contribution in [3.05, 3.63) is 29.7 Å². The van der Waals surface area contributed by atoms with Crippen molar-refractivity contribution >= 4 is 29.4 Å². The van der Waals surface area contributed by atoms with Crippen LogP contribution in [0, 0.1) is 12.3 Å². The molecular formula is C23H35N5O3S. The topological polar surface area (TPSA) is 98.1 Å². The normalized spacial score (nSPS) is 11.9. The molecular weight excluding hydrogens is 426 g/mol.